The molecular formula is C26H31BrN4O2S. The lowest BCUT2D eigenvalue weighted by Crippen LogP contribution is -2.43. The molecule has 0 radical (unpaired) electrons. The predicted octanol–water partition coefficient (Wildman–Crippen LogP) is 5.46. The van der Waals surface area contributed by atoms with Crippen molar-refractivity contribution in [3.8, 4) is 11.4 Å². The first-order chi connectivity index (χ1) is 16.6. The maximum absolute atomic E-state index is 12.7. The highest BCUT2D eigenvalue weighted by atomic mass is 79.9. The van der Waals surface area contributed by atoms with Crippen molar-refractivity contribution in [2.24, 2.45) is 5.92 Å². The normalized spacial score (nSPS) is 16.5. The van der Waals surface area contributed by atoms with Gasteiger partial charge in [-0.15, -0.1) is 0 Å². The number of aromatic nitrogens is 2. The Labute approximate surface area is 214 Å². The molecule has 0 aliphatic carbocycles. The zero-order valence-corrected chi connectivity index (χ0v) is 21.9. The van der Waals surface area contributed by atoms with Crippen LogP contribution in [0.5, 0.6) is 0 Å². The number of piperidine rings is 1. The summed E-state index contributed by atoms with van der Waals surface area (Å²) in [6, 6.07) is 16.5. The molecule has 1 fully saturated rings. The average molecular weight is 544 g/mol. The highest BCUT2D eigenvalue weighted by Gasteiger charge is 2.26. The Morgan fingerprint density at radius 1 is 1.26 bits per heavy atom. The van der Waals surface area contributed by atoms with Crippen molar-refractivity contribution in [2.45, 2.75) is 38.5 Å². The van der Waals surface area contributed by atoms with Crippen LogP contribution in [0, 0.1) is 12.8 Å². The molecule has 6 nitrogen and oxygen atoms in total. The SMILES string of the molecule is Cc1ccc(CSCCCNC(=O)C2CCCN(Cc3nc(-c4cccc(Br)c4)no3)C2)cc1. The van der Waals surface area contributed by atoms with Crippen LogP contribution in [0.4, 0.5) is 0 Å². The van der Waals surface area contributed by atoms with E-state index in [0.717, 1.165) is 60.4 Å². The minimum Gasteiger partial charge on any atom is -0.356 e. The van der Waals surface area contributed by atoms with Crippen molar-refractivity contribution in [2.75, 3.05) is 25.4 Å². The van der Waals surface area contributed by atoms with Gasteiger partial charge in [0.05, 0.1) is 12.5 Å². The number of amides is 1. The van der Waals surface area contributed by atoms with E-state index in [0.29, 0.717) is 18.3 Å². The second-order valence-corrected chi connectivity index (χ2v) is 10.8. The number of hydrogen-bond acceptors (Lipinski definition) is 6. The minimum atomic E-state index is 0.0152. The lowest BCUT2D eigenvalue weighted by molar-refractivity contribution is -0.126. The van der Waals surface area contributed by atoms with Crippen molar-refractivity contribution >= 4 is 33.6 Å². The summed E-state index contributed by atoms with van der Waals surface area (Å²) in [7, 11) is 0. The van der Waals surface area contributed by atoms with Crippen LogP contribution >= 0.6 is 27.7 Å². The van der Waals surface area contributed by atoms with Crippen LogP contribution in [-0.4, -0.2) is 46.3 Å². The standard InChI is InChI=1S/C26H31BrN4O2S/c1-19-8-10-20(11-9-19)18-34-14-4-12-28-26(32)22-6-3-13-31(16-22)17-24-29-25(30-33-24)21-5-2-7-23(27)15-21/h2,5,7-11,15,22H,3-4,6,12-14,16-18H2,1H3,(H,28,32). The molecule has 1 N–H and O–H groups in total. The number of thioether (sulfide) groups is 1. The highest BCUT2D eigenvalue weighted by molar-refractivity contribution is 9.10. The van der Waals surface area contributed by atoms with Gasteiger partial charge in [-0.1, -0.05) is 63.0 Å². The molecule has 180 valence electrons. The van der Waals surface area contributed by atoms with Gasteiger partial charge in [-0.25, -0.2) is 0 Å². The molecule has 3 aromatic rings. The average Bonchev–Trinajstić information content (AvgIpc) is 3.31. The molecule has 2 heterocycles. The van der Waals surface area contributed by atoms with Crippen molar-refractivity contribution in [3.05, 3.63) is 70.0 Å². The van der Waals surface area contributed by atoms with Crippen molar-refractivity contribution in [3.63, 3.8) is 0 Å². The van der Waals surface area contributed by atoms with Crippen LogP contribution < -0.4 is 5.32 Å². The van der Waals surface area contributed by atoms with Crippen LogP contribution in [0.25, 0.3) is 11.4 Å². The van der Waals surface area contributed by atoms with Gasteiger partial charge >= 0.3 is 0 Å². The Morgan fingerprint density at radius 2 is 2.12 bits per heavy atom. The number of aryl methyl sites for hydroxylation is 1. The van der Waals surface area contributed by atoms with Gasteiger partial charge in [0.15, 0.2) is 0 Å². The topological polar surface area (TPSA) is 71.3 Å². The summed E-state index contributed by atoms with van der Waals surface area (Å²) in [4.78, 5) is 19.5. The summed E-state index contributed by atoms with van der Waals surface area (Å²) < 4.78 is 6.45. The quantitative estimate of drug-likeness (QED) is 0.343. The third-order valence-electron chi connectivity index (χ3n) is 5.94. The molecule has 1 atom stereocenters. The van der Waals surface area contributed by atoms with E-state index in [9.17, 15) is 4.79 Å². The summed E-state index contributed by atoms with van der Waals surface area (Å²) in [5.41, 5.74) is 3.56. The number of carbonyl (C=O) groups excluding carboxylic acids is 1. The zero-order valence-electron chi connectivity index (χ0n) is 19.5. The smallest absolute Gasteiger partial charge is 0.241 e. The van der Waals surface area contributed by atoms with E-state index in [-0.39, 0.29) is 11.8 Å². The number of hydrogen-bond donors (Lipinski definition) is 1. The lowest BCUT2D eigenvalue weighted by atomic mass is 9.97. The van der Waals surface area contributed by atoms with Crippen LogP contribution in [0.2, 0.25) is 0 Å². The number of nitrogens with one attached hydrogen (secondary N) is 1. The molecule has 4 rings (SSSR count). The fourth-order valence-electron chi connectivity index (χ4n) is 4.07. The molecule has 8 heteroatoms. The number of halogens is 1. The summed E-state index contributed by atoms with van der Waals surface area (Å²) in [6.07, 6.45) is 2.91. The molecule has 34 heavy (non-hydrogen) atoms. The Hall–Kier alpha value is -2.16. The monoisotopic (exact) mass is 542 g/mol. The van der Waals surface area contributed by atoms with E-state index in [2.05, 4.69) is 67.5 Å². The number of likely N-dealkylation sites (tertiary alicyclic amines) is 1. The molecule has 0 spiro atoms. The van der Waals surface area contributed by atoms with Gasteiger partial charge in [0.1, 0.15) is 0 Å². The molecule has 1 aromatic heterocycles. The molecule has 2 aromatic carbocycles. The third kappa shape index (κ3) is 7.42. The second-order valence-electron chi connectivity index (χ2n) is 8.78. The minimum absolute atomic E-state index is 0.0152. The van der Waals surface area contributed by atoms with E-state index < -0.39 is 0 Å². The van der Waals surface area contributed by atoms with E-state index in [1.807, 2.05) is 36.0 Å². The molecule has 0 saturated carbocycles. The Morgan fingerprint density at radius 3 is 2.94 bits per heavy atom. The first-order valence-corrected chi connectivity index (χ1v) is 13.7. The van der Waals surface area contributed by atoms with Crippen molar-refractivity contribution < 1.29 is 9.32 Å². The maximum atomic E-state index is 12.7. The molecule has 1 aliphatic heterocycles. The summed E-state index contributed by atoms with van der Waals surface area (Å²) in [5.74, 6) is 3.41. The molecule has 0 bridgehead atoms. The van der Waals surface area contributed by atoms with E-state index in [1.54, 1.807) is 0 Å². The lowest BCUT2D eigenvalue weighted by Gasteiger charge is -2.30. The first-order valence-electron chi connectivity index (χ1n) is 11.8. The fourth-order valence-corrected chi connectivity index (χ4v) is 5.39. The molecule has 1 aliphatic rings. The molecule has 1 amide bonds. The van der Waals surface area contributed by atoms with E-state index in [4.69, 9.17) is 4.52 Å². The van der Waals surface area contributed by atoms with Gasteiger partial charge in [-0.3, -0.25) is 9.69 Å². The second kappa shape index (κ2) is 12.5. The fraction of sp³-hybridized carbons (Fsp3) is 0.423. The number of benzene rings is 2. The van der Waals surface area contributed by atoms with Gasteiger partial charge in [0.2, 0.25) is 17.6 Å². The van der Waals surface area contributed by atoms with Gasteiger partial charge in [0, 0.05) is 28.9 Å². The Balaban J connectivity index is 1.16. The van der Waals surface area contributed by atoms with E-state index in [1.165, 1.54) is 11.1 Å². The predicted molar refractivity (Wildman–Crippen MR) is 140 cm³/mol. The first kappa shape index (κ1) is 24.9. The summed E-state index contributed by atoms with van der Waals surface area (Å²) in [5, 5.41) is 7.26. The molecular weight excluding hydrogens is 512 g/mol. The number of nitrogens with zero attached hydrogens (tertiary/aromatic N) is 3. The number of rotatable bonds is 10. The number of carbonyl (C=O) groups is 1. The Kier molecular flexibility index (Phi) is 9.18. The summed E-state index contributed by atoms with van der Waals surface area (Å²) in [6.45, 7) is 5.07. The van der Waals surface area contributed by atoms with Crippen molar-refractivity contribution in [1.29, 1.82) is 0 Å². The largest absolute Gasteiger partial charge is 0.356 e. The van der Waals surface area contributed by atoms with Crippen LogP contribution in [0.3, 0.4) is 0 Å². The maximum Gasteiger partial charge on any atom is 0.241 e. The van der Waals surface area contributed by atoms with Gasteiger partial charge in [-0.2, -0.15) is 16.7 Å². The Bertz CT molecular complexity index is 1070. The van der Waals surface area contributed by atoms with Gasteiger partial charge in [-0.05, 0) is 56.2 Å². The highest BCUT2D eigenvalue weighted by Crippen LogP contribution is 2.22. The van der Waals surface area contributed by atoms with Gasteiger partial charge in [0.25, 0.3) is 0 Å². The van der Waals surface area contributed by atoms with Gasteiger partial charge < -0.3 is 9.84 Å². The summed E-state index contributed by atoms with van der Waals surface area (Å²) >= 11 is 5.39. The van der Waals surface area contributed by atoms with Crippen LogP contribution in [0.15, 0.2) is 57.5 Å². The zero-order chi connectivity index (χ0) is 23.8. The molecule has 1 unspecified atom stereocenters. The van der Waals surface area contributed by atoms with Crippen LogP contribution in [-0.2, 0) is 17.1 Å². The van der Waals surface area contributed by atoms with Crippen molar-refractivity contribution in [1.82, 2.24) is 20.4 Å². The van der Waals surface area contributed by atoms with E-state index >= 15 is 0 Å². The van der Waals surface area contributed by atoms with Crippen LogP contribution in [0.1, 0.15) is 36.3 Å². The molecule has 1 saturated heterocycles. The third-order valence-corrected chi connectivity index (χ3v) is 7.55.